The van der Waals surface area contributed by atoms with E-state index in [4.69, 9.17) is 0 Å². The maximum Gasteiger partial charge on any atom is 0.347 e. The molecule has 0 aliphatic heterocycles. The van der Waals surface area contributed by atoms with Gasteiger partial charge in [0.1, 0.15) is 6.33 Å². The highest BCUT2D eigenvalue weighted by Gasteiger charge is 2.06. The minimum atomic E-state index is -0.221. The van der Waals surface area contributed by atoms with Gasteiger partial charge in [0.15, 0.2) is 0 Å². The number of benzene rings is 1. The number of rotatable bonds is 5. The summed E-state index contributed by atoms with van der Waals surface area (Å²) in [5, 5.41) is 9.55. The lowest BCUT2D eigenvalue weighted by molar-refractivity contribution is 0.570. The lowest BCUT2D eigenvalue weighted by atomic mass is 10.1. The first-order chi connectivity index (χ1) is 8.72. The third-order valence-corrected chi connectivity index (χ3v) is 2.90. The van der Waals surface area contributed by atoms with E-state index in [0.29, 0.717) is 0 Å². The average Bonchev–Trinajstić information content (AvgIpc) is 2.82. The smallest absolute Gasteiger partial charge is 0.310 e. The van der Waals surface area contributed by atoms with Crippen LogP contribution in [0.4, 0.5) is 0 Å². The van der Waals surface area contributed by atoms with Gasteiger partial charge in [-0.15, -0.1) is 0 Å². The van der Waals surface area contributed by atoms with Crippen molar-refractivity contribution in [3.05, 3.63) is 46.6 Å². The second-order valence-corrected chi connectivity index (χ2v) is 4.30. The normalized spacial score (nSPS) is 12.6. The van der Waals surface area contributed by atoms with Gasteiger partial charge in [0.2, 0.25) is 0 Å². The maximum absolute atomic E-state index is 11.5. The molecule has 2 N–H and O–H groups in total. The van der Waals surface area contributed by atoms with E-state index >= 15 is 0 Å². The van der Waals surface area contributed by atoms with Crippen molar-refractivity contribution in [1.29, 1.82) is 0 Å². The van der Waals surface area contributed by atoms with Crippen LogP contribution in [0, 0.1) is 0 Å². The molecule has 0 saturated carbocycles. The molecule has 2 rings (SSSR count). The number of nitrogens with one attached hydrogen (secondary N) is 2. The Morgan fingerprint density at radius 3 is 3.00 bits per heavy atom. The third kappa shape index (κ3) is 2.68. The summed E-state index contributed by atoms with van der Waals surface area (Å²) in [6, 6.07) is 8.18. The van der Waals surface area contributed by atoms with Gasteiger partial charge in [-0.25, -0.2) is 14.5 Å². The van der Waals surface area contributed by atoms with Crippen molar-refractivity contribution in [2.75, 3.05) is 6.54 Å². The van der Waals surface area contributed by atoms with Crippen LogP contribution < -0.4 is 11.0 Å². The topological polar surface area (TPSA) is 62.7 Å². The Morgan fingerprint density at radius 1 is 1.50 bits per heavy atom. The van der Waals surface area contributed by atoms with Crippen LogP contribution in [0.2, 0.25) is 0 Å². The van der Waals surface area contributed by atoms with Crippen molar-refractivity contribution in [3.63, 3.8) is 0 Å². The molecule has 0 fully saturated rings. The van der Waals surface area contributed by atoms with Crippen molar-refractivity contribution >= 4 is 0 Å². The molecule has 1 aromatic carbocycles. The molecular weight excluding hydrogens is 228 g/mol. The van der Waals surface area contributed by atoms with Crippen molar-refractivity contribution in [2.24, 2.45) is 0 Å². The minimum absolute atomic E-state index is 0.221. The second-order valence-electron chi connectivity index (χ2n) is 4.30. The molecule has 0 aliphatic carbocycles. The first-order valence-corrected chi connectivity index (χ1v) is 6.18. The highest BCUT2D eigenvalue weighted by atomic mass is 16.1. The van der Waals surface area contributed by atoms with E-state index in [9.17, 15) is 4.79 Å². The number of hydrogen-bond donors (Lipinski definition) is 2. The van der Waals surface area contributed by atoms with Crippen molar-refractivity contribution in [2.45, 2.75) is 26.3 Å². The molecule has 96 valence electrons. The maximum atomic E-state index is 11.5. The minimum Gasteiger partial charge on any atom is -0.310 e. The van der Waals surface area contributed by atoms with E-state index in [0.717, 1.165) is 24.2 Å². The molecular formula is C13H18N4O. The van der Waals surface area contributed by atoms with Crippen molar-refractivity contribution in [3.8, 4) is 5.69 Å². The van der Waals surface area contributed by atoms with Gasteiger partial charge in [0.05, 0.1) is 5.69 Å². The van der Waals surface area contributed by atoms with Gasteiger partial charge >= 0.3 is 5.69 Å². The van der Waals surface area contributed by atoms with Gasteiger partial charge in [-0.1, -0.05) is 19.1 Å². The summed E-state index contributed by atoms with van der Waals surface area (Å²) < 4.78 is 1.50. The van der Waals surface area contributed by atoms with Crippen LogP contribution in [0.5, 0.6) is 0 Å². The van der Waals surface area contributed by atoms with E-state index in [1.54, 1.807) is 0 Å². The number of H-pyrrole nitrogens is 1. The quantitative estimate of drug-likeness (QED) is 0.842. The van der Waals surface area contributed by atoms with Crippen molar-refractivity contribution in [1.82, 2.24) is 20.1 Å². The number of aromatic amines is 1. The summed E-state index contributed by atoms with van der Waals surface area (Å²) in [6.45, 7) is 5.24. The predicted molar refractivity (Wildman–Crippen MR) is 70.9 cm³/mol. The van der Waals surface area contributed by atoms with Gasteiger partial charge < -0.3 is 5.32 Å². The molecule has 2 aromatic rings. The molecule has 5 heteroatoms. The summed E-state index contributed by atoms with van der Waals surface area (Å²) in [6.07, 6.45) is 2.59. The highest BCUT2D eigenvalue weighted by Crippen LogP contribution is 2.15. The van der Waals surface area contributed by atoms with Gasteiger partial charge in [0, 0.05) is 6.04 Å². The fourth-order valence-electron chi connectivity index (χ4n) is 1.85. The average molecular weight is 246 g/mol. The molecule has 0 amide bonds. The number of hydrogen-bond acceptors (Lipinski definition) is 3. The Bertz CT molecular complexity index is 558. The molecule has 0 spiro atoms. The highest BCUT2D eigenvalue weighted by molar-refractivity contribution is 5.36. The van der Waals surface area contributed by atoms with Crippen LogP contribution in [0.1, 0.15) is 31.9 Å². The largest absolute Gasteiger partial charge is 0.347 e. The predicted octanol–water partition coefficient (Wildman–Crippen LogP) is 1.62. The Labute approximate surface area is 106 Å². The second kappa shape index (κ2) is 5.64. The van der Waals surface area contributed by atoms with Crippen LogP contribution in [-0.2, 0) is 0 Å². The molecule has 18 heavy (non-hydrogen) atoms. The molecule has 0 saturated heterocycles. The standard InChI is InChI=1S/C13H18N4O/c1-3-7-14-10(2)11-5-4-6-12(8-11)17-9-15-16-13(17)18/h4-6,8-10,14H,3,7H2,1-2H3,(H,16,18). The fraction of sp³-hybridized carbons (Fsp3) is 0.385. The Kier molecular flexibility index (Phi) is 3.94. The van der Waals surface area contributed by atoms with Gasteiger partial charge in [-0.2, -0.15) is 5.10 Å². The summed E-state index contributed by atoms with van der Waals surface area (Å²) in [5.74, 6) is 0. The molecule has 0 radical (unpaired) electrons. The lowest BCUT2D eigenvalue weighted by Crippen LogP contribution is -2.20. The fourth-order valence-corrected chi connectivity index (χ4v) is 1.85. The van der Waals surface area contributed by atoms with E-state index in [1.807, 2.05) is 18.2 Å². The summed E-state index contributed by atoms with van der Waals surface area (Å²) in [7, 11) is 0. The molecule has 0 bridgehead atoms. The number of aromatic nitrogens is 3. The van der Waals surface area contributed by atoms with Gasteiger partial charge in [0.25, 0.3) is 0 Å². The first kappa shape index (κ1) is 12.6. The van der Waals surface area contributed by atoms with Crippen LogP contribution in [0.3, 0.4) is 0 Å². The zero-order chi connectivity index (χ0) is 13.0. The molecule has 5 nitrogen and oxygen atoms in total. The Balaban J connectivity index is 2.25. The zero-order valence-electron chi connectivity index (χ0n) is 10.7. The van der Waals surface area contributed by atoms with Gasteiger partial charge in [-0.05, 0) is 37.6 Å². The number of nitrogens with zero attached hydrogens (tertiary/aromatic N) is 2. The molecule has 0 aliphatic rings. The van der Waals surface area contributed by atoms with E-state index in [2.05, 4.69) is 35.4 Å². The first-order valence-electron chi connectivity index (χ1n) is 6.18. The lowest BCUT2D eigenvalue weighted by Gasteiger charge is -2.14. The van der Waals surface area contributed by atoms with Crippen LogP contribution in [0.15, 0.2) is 35.4 Å². The monoisotopic (exact) mass is 246 g/mol. The van der Waals surface area contributed by atoms with E-state index in [1.165, 1.54) is 10.9 Å². The summed E-state index contributed by atoms with van der Waals surface area (Å²) >= 11 is 0. The van der Waals surface area contributed by atoms with E-state index < -0.39 is 0 Å². The Hall–Kier alpha value is -1.88. The molecule has 1 unspecified atom stereocenters. The van der Waals surface area contributed by atoms with Gasteiger partial charge in [-0.3, -0.25) is 0 Å². The SMILES string of the molecule is CCCNC(C)c1cccc(-n2cn[nH]c2=O)c1. The van der Waals surface area contributed by atoms with Crippen LogP contribution in [0.25, 0.3) is 5.69 Å². The van der Waals surface area contributed by atoms with Crippen LogP contribution in [-0.4, -0.2) is 21.3 Å². The van der Waals surface area contributed by atoms with Crippen molar-refractivity contribution < 1.29 is 0 Å². The molecule has 1 heterocycles. The summed E-state index contributed by atoms with van der Waals surface area (Å²) in [5.41, 5.74) is 1.77. The van der Waals surface area contributed by atoms with E-state index in [-0.39, 0.29) is 11.7 Å². The Morgan fingerprint density at radius 2 is 2.33 bits per heavy atom. The third-order valence-electron chi connectivity index (χ3n) is 2.90. The molecule has 1 aromatic heterocycles. The molecule has 1 atom stereocenters. The van der Waals surface area contributed by atoms with Crippen LogP contribution >= 0.6 is 0 Å². The summed E-state index contributed by atoms with van der Waals surface area (Å²) in [4.78, 5) is 11.5. The zero-order valence-corrected chi connectivity index (χ0v) is 10.7.